The summed E-state index contributed by atoms with van der Waals surface area (Å²) in [7, 11) is -0.695. The molecule has 1 aromatic heterocycles. The molecule has 11 nitrogen and oxygen atoms in total. The van der Waals surface area contributed by atoms with E-state index in [0.717, 1.165) is 0 Å². The fourth-order valence-corrected chi connectivity index (χ4v) is 5.61. The number of hydrogen-bond donors (Lipinski definition) is 4. The van der Waals surface area contributed by atoms with Gasteiger partial charge in [0.25, 0.3) is 0 Å². The largest absolute Gasteiger partial charge is 0.493 e. The molecule has 1 aliphatic rings. The Labute approximate surface area is 203 Å². The summed E-state index contributed by atoms with van der Waals surface area (Å²) in [5, 5.41) is 13.6. The maximum absolute atomic E-state index is 13.1. The van der Waals surface area contributed by atoms with Crippen molar-refractivity contribution in [3.05, 3.63) is 46.9 Å². The third kappa shape index (κ3) is 5.61. The molecule has 1 aliphatic heterocycles. The molecule has 0 aliphatic carbocycles. The minimum atomic E-state index is -3.66. The minimum Gasteiger partial charge on any atom is -0.493 e. The summed E-state index contributed by atoms with van der Waals surface area (Å²) in [4.78, 5) is 17.0. The van der Waals surface area contributed by atoms with E-state index >= 15 is 0 Å². The lowest BCUT2D eigenvalue weighted by Crippen LogP contribution is -2.47. The van der Waals surface area contributed by atoms with Gasteiger partial charge in [0, 0.05) is 31.7 Å². The fraction of sp³-hybridized carbons (Fsp3) is 0.435. The Balaban J connectivity index is 1.26. The summed E-state index contributed by atoms with van der Waals surface area (Å²) < 4.78 is 43.7. The van der Waals surface area contributed by atoms with Crippen LogP contribution in [-0.4, -0.2) is 80.4 Å². The maximum atomic E-state index is 13.1. The van der Waals surface area contributed by atoms with E-state index in [4.69, 9.17) is 14.2 Å². The number of aliphatic hydroxyl groups excluding tert-OH is 1. The second-order valence-electron chi connectivity index (χ2n) is 8.33. The van der Waals surface area contributed by atoms with E-state index in [2.05, 4.69) is 15.3 Å². The highest BCUT2D eigenvalue weighted by atomic mass is 32.2. The third-order valence-electron chi connectivity index (χ3n) is 6.03. The van der Waals surface area contributed by atoms with Gasteiger partial charge in [0.1, 0.15) is 24.0 Å². The van der Waals surface area contributed by atoms with Crippen LogP contribution in [0.5, 0.6) is 17.2 Å². The lowest BCUT2D eigenvalue weighted by atomic mass is 10.1. The van der Waals surface area contributed by atoms with Crippen molar-refractivity contribution in [2.24, 2.45) is 0 Å². The Morgan fingerprint density at radius 1 is 1.09 bits per heavy atom. The van der Waals surface area contributed by atoms with Gasteiger partial charge in [-0.1, -0.05) is 6.07 Å². The molecule has 1 atom stereocenters. The van der Waals surface area contributed by atoms with Crippen molar-refractivity contribution in [2.75, 3.05) is 40.5 Å². The van der Waals surface area contributed by atoms with Crippen molar-refractivity contribution in [1.29, 1.82) is 0 Å². The summed E-state index contributed by atoms with van der Waals surface area (Å²) in [5.74, 6) is 1.31. The summed E-state index contributed by atoms with van der Waals surface area (Å²) in [6.45, 7) is 1.08. The topological polar surface area (TPSA) is 146 Å². The number of nitrogens with one attached hydrogen (secondary N) is 3. The third-order valence-corrected chi connectivity index (χ3v) is 7.93. The van der Waals surface area contributed by atoms with E-state index in [1.807, 2.05) is 0 Å². The Hall–Kier alpha value is -3.06. The Bertz CT molecular complexity index is 1310. The minimum absolute atomic E-state index is 0.0475. The molecule has 35 heavy (non-hydrogen) atoms. The number of methoxy groups -OCH3 is 2. The molecule has 3 aromatic rings. The normalized spacial score (nSPS) is 16.3. The van der Waals surface area contributed by atoms with E-state index in [1.165, 1.54) is 30.7 Å². The highest BCUT2D eigenvalue weighted by Crippen LogP contribution is 2.31. The molecule has 1 saturated heterocycles. The van der Waals surface area contributed by atoms with Crippen molar-refractivity contribution in [3.8, 4) is 17.2 Å². The van der Waals surface area contributed by atoms with Gasteiger partial charge in [-0.25, -0.2) is 13.2 Å². The monoisotopic (exact) mass is 506 g/mol. The smallest absolute Gasteiger partial charge is 0.323 e. The number of ether oxygens (including phenoxy) is 3. The van der Waals surface area contributed by atoms with Crippen molar-refractivity contribution in [1.82, 2.24) is 19.6 Å². The predicted molar refractivity (Wildman–Crippen MR) is 130 cm³/mol. The Morgan fingerprint density at radius 3 is 2.54 bits per heavy atom. The molecule has 190 valence electrons. The molecule has 0 radical (unpaired) electrons. The lowest BCUT2D eigenvalue weighted by molar-refractivity contribution is 0.101. The molecule has 0 amide bonds. The van der Waals surface area contributed by atoms with Crippen LogP contribution < -0.4 is 25.2 Å². The number of aromatic nitrogens is 2. The lowest BCUT2D eigenvalue weighted by Gasteiger charge is -2.32. The molecule has 12 heteroatoms. The highest BCUT2D eigenvalue weighted by Gasteiger charge is 2.30. The van der Waals surface area contributed by atoms with Crippen molar-refractivity contribution in [3.63, 3.8) is 0 Å². The first-order valence-electron chi connectivity index (χ1n) is 11.3. The SMILES string of the molecule is COc1ccc(S(=O)(=O)N2CCC(NC[C@@H](O)COc3cccc4[nH]c(=O)[nH]c34)CC2)cc1OC. The van der Waals surface area contributed by atoms with E-state index in [-0.39, 0.29) is 23.2 Å². The van der Waals surface area contributed by atoms with Gasteiger partial charge in [0.05, 0.1) is 24.6 Å². The van der Waals surface area contributed by atoms with Crippen molar-refractivity contribution < 1.29 is 27.7 Å². The van der Waals surface area contributed by atoms with Crippen molar-refractivity contribution in [2.45, 2.75) is 29.9 Å². The number of rotatable bonds is 10. The van der Waals surface area contributed by atoms with Gasteiger partial charge in [0.15, 0.2) is 11.5 Å². The molecular weight excluding hydrogens is 476 g/mol. The standard InChI is InChI=1S/C23H30N4O7S/c1-32-19-7-6-17(12-21(19)33-2)35(30,31)27-10-8-15(9-11-27)24-13-16(28)14-34-20-5-3-4-18-22(20)26-23(29)25-18/h3-7,12,15-16,24,28H,8-11,13-14H2,1-2H3,(H2,25,26,29)/t16-/m1/s1. The van der Waals surface area contributed by atoms with E-state index in [0.29, 0.717) is 60.8 Å². The second-order valence-corrected chi connectivity index (χ2v) is 10.3. The molecule has 4 N–H and O–H groups in total. The highest BCUT2D eigenvalue weighted by molar-refractivity contribution is 7.89. The van der Waals surface area contributed by atoms with Gasteiger partial charge in [-0.2, -0.15) is 4.31 Å². The summed E-state index contributed by atoms with van der Waals surface area (Å²) in [6.07, 6.45) is 0.456. The van der Waals surface area contributed by atoms with Gasteiger partial charge >= 0.3 is 5.69 Å². The zero-order valence-corrected chi connectivity index (χ0v) is 20.4. The number of benzene rings is 2. The number of nitrogens with zero attached hydrogens (tertiary/aromatic N) is 1. The molecule has 1 fully saturated rings. The van der Waals surface area contributed by atoms with E-state index in [1.54, 1.807) is 24.3 Å². The molecule has 2 heterocycles. The van der Waals surface area contributed by atoms with Crippen LogP contribution >= 0.6 is 0 Å². The first-order valence-corrected chi connectivity index (χ1v) is 12.7. The van der Waals surface area contributed by atoms with Gasteiger partial charge < -0.3 is 34.6 Å². The van der Waals surface area contributed by atoms with E-state index < -0.39 is 16.1 Å². The second kappa shape index (κ2) is 10.7. The number of sulfonamides is 1. The fourth-order valence-electron chi connectivity index (χ4n) is 4.13. The number of fused-ring (bicyclic) bond motifs is 1. The Kier molecular flexibility index (Phi) is 7.65. The van der Waals surface area contributed by atoms with Crippen LogP contribution in [0.3, 0.4) is 0 Å². The number of aromatic amines is 2. The van der Waals surface area contributed by atoms with Crippen LogP contribution in [0.2, 0.25) is 0 Å². The predicted octanol–water partition coefficient (Wildman–Crippen LogP) is 1.06. The first-order chi connectivity index (χ1) is 16.8. The van der Waals surface area contributed by atoms with Crippen LogP contribution in [0.1, 0.15) is 12.8 Å². The number of imidazole rings is 1. The van der Waals surface area contributed by atoms with Crippen LogP contribution in [0, 0.1) is 0 Å². The quantitative estimate of drug-likeness (QED) is 0.319. The Morgan fingerprint density at radius 2 is 1.83 bits per heavy atom. The zero-order valence-electron chi connectivity index (χ0n) is 19.6. The number of para-hydroxylation sites is 1. The molecule has 0 bridgehead atoms. The molecule has 4 rings (SSSR count). The van der Waals surface area contributed by atoms with Gasteiger partial charge in [-0.15, -0.1) is 0 Å². The number of aliphatic hydroxyl groups is 1. The molecular formula is C23H30N4O7S. The average molecular weight is 507 g/mol. The van der Waals surface area contributed by atoms with Crippen LogP contribution in [0.15, 0.2) is 46.1 Å². The number of hydrogen-bond acceptors (Lipinski definition) is 8. The van der Waals surface area contributed by atoms with Crippen LogP contribution in [0.25, 0.3) is 11.0 Å². The van der Waals surface area contributed by atoms with Crippen LogP contribution in [0.4, 0.5) is 0 Å². The summed E-state index contributed by atoms with van der Waals surface area (Å²) >= 11 is 0. The van der Waals surface area contributed by atoms with Crippen molar-refractivity contribution >= 4 is 21.1 Å². The number of piperidine rings is 1. The average Bonchev–Trinajstić information content (AvgIpc) is 3.26. The first kappa shape index (κ1) is 25.0. The molecule has 0 saturated carbocycles. The zero-order chi connectivity index (χ0) is 25.0. The van der Waals surface area contributed by atoms with Gasteiger partial charge in [-0.05, 0) is 37.1 Å². The number of H-pyrrole nitrogens is 2. The van der Waals surface area contributed by atoms with Gasteiger partial charge in [0.2, 0.25) is 10.0 Å². The van der Waals surface area contributed by atoms with Crippen LogP contribution in [-0.2, 0) is 10.0 Å². The van der Waals surface area contributed by atoms with E-state index in [9.17, 15) is 18.3 Å². The summed E-state index contributed by atoms with van der Waals surface area (Å²) in [6, 6.07) is 9.88. The maximum Gasteiger partial charge on any atom is 0.323 e. The molecule has 0 spiro atoms. The van der Waals surface area contributed by atoms with Gasteiger partial charge in [-0.3, -0.25) is 0 Å². The molecule has 0 unspecified atom stereocenters. The molecule has 2 aromatic carbocycles. The summed E-state index contributed by atoms with van der Waals surface area (Å²) in [5.41, 5.74) is 0.869.